The van der Waals surface area contributed by atoms with Crippen molar-refractivity contribution in [2.24, 2.45) is 0 Å². The molecule has 6 aromatic rings. The van der Waals surface area contributed by atoms with Crippen LogP contribution in [-0.2, 0) is 6.54 Å². The predicted octanol–water partition coefficient (Wildman–Crippen LogP) is 8.30. The Bertz CT molecular complexity index is 2100. The first-order valence-corrected chi connectivity index (χ1v) is 14.7. The van der Waals surface area contributed by atoms with Crippen LogP contribution in [0.25, 0.3) is 22.0 Å². The second-order valence-corrected chi connectivity index (χ2v) is 11.0. The van der Waals surface area contributed by atoms with Crippen LogP contribution < -0.4 is 10.6 Å². The molecule has 1 atom stereocenters. The second-order valence-electron chi connectivity index (χ2n) is 11.0. The molecule has 0 aliphatic heterocycles. The highest BCUT2D eigenvalue weighted by Gasteiger charge is 2.19. The Morgan fingerprint density at radius 3 is 2.30 bits per heavy atom. The number of halogens is 1. The number of carbonyl (C=O) groups is 2. The minimum Gasteiger partial charge on any atom is -0.478 e. The molecule has 1 aromatic heterocycles. The van der Waals surface area contributed by atoms with Crippen molar-refractivity contribution in [3.05, 3.63) is 155 Å². The third kappa shape index (κ3) is 6.35. The monoisotopic (exact) mass is 608 g/mol. The zero-order valence-corrected chi connectivity index (χ0v) is 24.9. The van der Waals surface area contributed by atoms with Crippen LogP contribution in [0.15, 0.2) is 121 Å². The van der Waals surface area contributed by atoms with Crippen LogP contribution >= 0.6 is 0 Å². The van der Waals surface area contributed by atoms with Gasteiger partial charge in [-0.05, 0) is 77.7 Å². The van der Waals surface area contributed by atoms with Crippen molar-refractivity contribution >= 4 is 34.2 Å². The van der Waals surface area contributed by atoms with E-state index in [4.69, 9.17) is 0 Å². The van der Waals surface area contributed by atoms with Crippen LogP contribution in [0, 0.1) is 17.1 Å². The molecule has 0 saturated carbocycles. The fourth-order valence-electron chi connectivity index (χ4n) is 5.53. The summed E-state index contributed by atoms with van der Waals surface area (Å²) in [5, 5.41) is 25.6. The summed E-state index contributed by atoms with van der Waals surface area (Å²) in [6, 6.07) is 35.8. The number of amides is 1. The number of fused-ring (bicyclic) bond motifs is 1. The fraction of sp³-hybridized carbons (Fsp3) is 0.0789. The molecule has 7 nitrogen and oxygen atoms in total. The summed E-state index contributed by atoms with van der Waals surface area (Å²) in [5.74, 6) is -1.85. The maximum Gasteiger partial charge on any atom is 0.335 e. The van der Waals surface area contributed by atoms with Crippen LogP contribution in [0.1, 0.15) is 50.4 Å². The van der Waals surface area contributed by atoms with Gasteiger partial charge in [0.25, 0.3) is 5.91 Å². The predicted molar refractivity (Wildman–Crippen MR) is 177 cm³/mol. The number of benzene rings is 5. The number of nitriles is 1. The Balaban J connectivity index is 1.35. The van der Waals surface area contributed by atoms with Crippen molar-refractivity contribution in [2.75, 3.05) is 5.32 Å². The van der Waals surface area contributed by atoms with Crippen LogP contribution in [0.4, 0.5) is 15.8 Å². The lowest BCUT2D eigenvalue weighted by Gasteiger charge is -2.17. The van der Waals surface area contributed by atoms with E-state index in [0.29, 0.717) is 29.0 Å². The standard InChI is InChI=1S/C38H29FN4O3/c1-24(27-11-13-30(14-12-27)38(45)46)41-37(44)34-15-16-35(42-32-20-26(22-40)19-31(39)21-32)33-17-18-43(36(33)34)23-25-7-9-29(10-8-25)28-5-3-2-4-6-28/h2-21,24,42H,23H2,1H3,(H,41,44)(H,45,46)/t24-/m0/s1. The Kier molecular flexibility index (Phi) is 8.31. The van der Waals surface area contributed by atoms with Gasteiger partial charge in [-0.2, -0.15) is 5.26 Å². The number of nitrogens with one attached hydrogen (secondary N) is 2. The number of hydrogen-bond donors (Lipinski definition) is 3. The highest BCUT2D eigenvalue weighted by atomic mass is 19.1. The first kappa shape index (κ1) is 29.9. The number of carboxylic acids is 1. The number of carboxylic acid groups (broad SMARTS) is 1. The first-order chi connectivity index (χ1) is 22.3. The van der Waals surface area contributed by atoms with Gasteiger partial charge in [0.2, 0.25) is 0 Å². The molecule has 1 heterocycles. The molecule has 0 aliphatic rings. The molecule has 6 rings (SSSR count). The van der Waals surface area contributed by atoms with Crippen molar-refractivity contribution < 1.29 is 19.1 Å². The zero-order valence-electron chi connectivity index (χ0n) is 24.9. The van der Waals surface area contributed by atoms with Crippen molar-refractivity contribution in [2.45, 2.75) is 19.5 Å². The van der Waals surface area contributed by atoms with Crippen molar-refractivity contribution in [1.29, 1.82) is 5.26 Å². The number of aromatic carboxylic acids is 1. The molecule has 3 N–H and O–H groups in total. The van der Waals surface area contributed by atoms with E-state index in [-0.39, 0.29) is 17.0 Å². The van der Waals surface area contributed by atoms with Gasteiger partial charge in [-0.3, -0.25) is 4.79 Å². The third-order valence-corrected chi connectivity index (χ3v) is 7.90. The average molecular weight is 609 g/mol. The maximum absolute atomic E-state index is 14.2. The minimum absolute atomic E-state index is 0.168. The second kappa shape index (κ2) is 12.8. The lowest BCUT2D eigenvalue weighted by Crippen LogP contribution is -2.27. The maximum atomic E-state index is 14.2. The largest absolute Gasteiger partial charge is 0.478 e. The quantitative estimate of drug-likeness (QED) is 0.153. The van der Waals surface area contributed by atoms with Gasteiger partial charge in [0, 0.05) is 29.5 Å². The molecular formula is C38H29FN4O3. The summed E-state index contributed by atoms with van der Waals surface area (Å²) in [7, 11) is 0. The van der Waals surface area contributed by atoms with E-state index < -0.39 is 17.8 Å². The average Bonchev–Trinajstić information content (AvgIpc) is 3.49. The Hall–Kier alpha value is -6.20. The molecular weight excluding hydrogens is 579 g/mol. The van der Waals surface area contributed by atoms with E-state index >= 15 is 0 Å². The fourth-order valence-corrected chi connectivity index (χ4v) is 5.53. The van der Waals surface area contributed by atoms with Crippen LogP contribution in [0.3, 0.4) is 0 Å². The van der Waals surface area contributed by atoms with E-state index in [1.807, 2.05) is 48.0 Å². The van der Waals surface area contributed by atoms with Crippen LogP contribution in [0.2, 0.25) is 0 Å². The molecule has 1 amide bonds. The van der Waals surface area contributed by atoms with Crippen molar-refractivity contribution in [3.63, 3.8) is 0 Å². The first-order valence-electron chi connectivity index (χ1n) is 14.7. The molecule has 226 valence electrons. The zero-order chi connectivity index (χ0) is 32.2. The molecule has 0 unspecified atom stereocenters. The summed E-state index contributed by atoms with van der Waals surface area (Å²) in [6.45, 7) is 2.33. The lowest BCUT2D eigenvalue weighted by molar-refractivity contribution is 0.0696. The molecule has 0 bridgehead atoms. The number of anilines is 2. The van der Waals surface area contributed by atoms with Crippen LogP contribution in [-0.4, -0.2) is 21.6 Å². The van der Waals surface area contributed by atoms with Gasteiger partial charge < -0.3 is 20.3 Å². The van der Waals surface area contributed by atoms with Gasteiger partial charge >= 0.3 is 5.97 Å². The van der Waals surface area contributed by atoms with E-state index in [9.17, 15) is 24.3 Å². The van der Waals surface area contributed by atoms with Gasteiger partial charge in [0.05, 0.1) is 34.3 Å². The topological polar surface area (TPSA) is 107 Å². The van der Waals surface area contributed by atoms with E-state index in [2.05, 4.69) is 47.0 Å². The molecule has 0 saturated heterocycles. The van der Waals surface area contributed by atoms with E-state index in [1.54, 1.807) is 30.3 Å². The Morgan fingerprint density at radius 1 is 0.891 bits per heavy atom. The van der Waals surface area contributed by atoms with E-state index in [1.165, 1.54) is 24.3 Å². The van der Waals surface area contributed by atoms with Gasteiger partial charge in [-0.25, -0.2) is 9.18 Å². The molecule has 0 spiro atoms. The van der Waals surface area contributed by atoms with Gasteiger partial charge in [0.15, 0.2) is 0 Å². The number of aromatic nitrogens is 1. The highest BCUT2D eigenvalue weighted by Crippen LogP contribution is 2.32. The number of nitrogens with zero attached hydrogens (tertiary/aromatic N) is 2. The number of carbonyl (C=O) groups excluding carboxylic acids is 1. The normalized spacial score (nSPS) is 11.5. The van der Waals surface area contributed by atoms with Crippen LogP contribution in [0.5, 0.6) is 0 Å². The SMILES string of the molecule is C[C@H](NC(=O)c1ccc(Nc2cc(F)cc(C#N)c2)c2ccn(Cc3ccc(-c4ccccc4)cc3)c12)c1ccc(C(=O)O)cc1. The minimum atomic E-state index is -1.02. The Morgan fingerprint density at radius 2 is 1.61 bits per heavy atom. The summed E-state index contributed by atoms with van der Waals surface area (Å²) >= 11 is 0. The Labute approximate surface area is 265 Å². The molecule has 0 fully saturated rings. The summed E-state index contributed by atoms with van der Waals surface area (Å²) in [5.41, 5.74) is 6.58. The van der Waals surface area contributed by atoms with Crippen molar-refractivity contribution in [1.82, 2.24) is 9.88 Å². The summed E-state index contributed by atoms with van der Waals surface area (Å²) in [6.07, 6.45) is 1.91. The van der Waals surface area contributed by atoms with E-state index in [0.717, 1.165) is 27.6 Å². The molecule has 0 aliphatic carbocycles. The summed E-state index contributed by atoms with van der Waals surface area (Å²) < 4.78 is 16.2. The number of rotatable bonds is 9. The smallest absolute Gasteiger partial charge is 0.335 e. The number of hydrogen-bond acceptors (Lipinski definition) is 4. The molecule has 5 aromatic carbocycles. The van der Waals surface area contributed by atoms with Gasteiger partial charge in [-0.15, -0.1) is 0 Å². The lowest BCUT2D eigenvalue weighted by atomic mass is 10.0. The van der Waals surface area contributed by atoms with Gasteiger partial charge in [-0.1, -0.05) is 66.7 Å². The molecule has 0 radical (unpaired) electrons. The highest BCUT2D eigenvalue weighted by molar-refractivity contribution is 6.10. The third-order valence-electron chi connectivity index (χ3n) is 7.90. The van der Waals surface area contributed by atoms with Gasteiger partial charge in [0.1, 0.15) is 5.82 Å². The molecule has 46 heavy (non-hydrogen) atoms. The summed E-state index contributed by atoms with van der Waals surface area (Å²) in [4.78, 5) is 25.1. The van der Waals surface area contributed by atoms with Crippen molar-refractivity contribution in [3.8, 4) is 17.2 Å². The molecule has 8 heteroatoms.